The van der Waals surface area contributed by atoms with Crippen molar-refractivity contribution in [3.05, 3.63) is 54.4 Å². The smallest absolute Gasteiger partial charge is 0.325 e. The Balaban J connectivity index is 0.00000280. The van der Waals surface area contributed by atoms with Crippen LogP contribution in [0.15, 0.2) is 48.8 Å². The van der Waals surface area contributed by atoms with Gasteiger partial charge in [0, 0.05) is 43.8 Å². The number of nitrogens with zero attached hydrogens (tertiary/aromatic N) is 2. The number of nitrogens with one attached hydrogen (secondary N) is 3. The lowest BCUT2D eigenvalue weighted by molar-refractivity contribution is -0.121. The van der Waals surface area contributed by atoms with Gasteiger partial charge in [-0.2, -0.15) is 0 Å². The molecule has 3 amide bonds. The molecule has 2 heterocycles. The lowest BCUT2D eigenvalue weighted by Gasteiger charge is -2.35. The Hall–Kier alpha value is -2.68. The fourth-order valence-electron chi connectivity index (χ4n) is 3.02. The number of pyridine rings is 1. The predicted octanol–water partition coefficient (Wildman–Crippen LogP) is 1.81. The van der Waals surface area contributed by atoms with Crippen LogP contribution in [0.5, 0.6) is 5.75 Å². The molecule has 1 aromatic carbocycles. The number of imide groups is 1. The van der Waals surface area contributed by atoms with Gasteiger partial charge in [-0.15, -0.1) is 12.4 Å². The Morgan fingerprint density at radius 3 is 2.75 bits per heavy atom. The van der Waals surface area contributed by atoms with Crippen LogP contribution in [0.3, 0.4) is 0 Å². The first-order valence-electron chi connectivity index (χ1n) is 8.75. The van der Waals surface area contributed by atoms with E-state index in [-0.39, 0.29) is 30.9 Å². The van der Waals surface area contributed by atoms with Crippen molar-refractivity contribution >= 4 is 30.0 Å². The molecule has 0 bridgehead atoms. The number of hydrogen-bond donors (Lipinski definition) is 3. The number of amides is 3. The Labute approximate surface area is 170 Å². The number of methoxy groups -OCH3 is 1. The third-order valence-corrected chi connectivity index (χ3v) is 4.37. The van der Waals surface area contributed by atoms with E-state index in [0.29, 0.717) is 18.0 Å². The highest BCUT2D eigenvalue weighted by Crippen LogP contribution is 2.20. The molecule has 1 fully saturated rings. The molecule has 1 saturated heterocycles. The summed E-state index contributed by atoms with van der Waals surface area (Å²) in [5.74, 6) is 0.342. The molecule has 0 aliphatic carbocycles. The van der Waals surface area contributed by atoms with Crippen LogP contribution < -0.4 is 20.7 Å². The zero-order valence-corrected chi connectivity index (χ0v) is 16.4. The third kappa shape index (κ3) is 5.91. The van der Waals surface area contributed by atoms with Gasteiger partial charge >= 0.3 is 6.03 Å². The second kappa shape index (κ2) is 10.6. The van der Waals surface area contributed by atoms with E-state index in [9.17, 15) is 9.59 Å². The summed E-state index contributed by atoms with van der Waals surface area (Å²) in [4.78, 5) is 30.6. The van der Waals surface area contributed by atoms with Crippen LogP contribution in [0.25, 0.3) is 0 Å². The third-order valence-electron chi connectivity index (χ3n) is 4.37. The van der Waals surface area contributed by atoms with Crippen LogP contribution in [-0.4, -0.2) is 55.1 Å². The lowest BCUT2D eigenvalue weighted by atomic mass is 10.1. The van der Waals surface area contributed by atoms with E-state index in [2.05, 4.69) is 20.9 Å². The number of hydrogen-bond acceptors (Lipinski definition) is 6. The molecular weight excluding hydrogens is 382 g/mol. The number of ether oxygens (including phenoxy) is 1. The molecule has 0 radical (unpaired) electrons. The van der Waals surface area contributed by atoms with Crippen molar-refractivity contribution in [2.24, 2.45) is 0 Å². The van der Waals surface area contributed by atoms with Gasteiger partial charge in [0.1, 0.15) is 5.75 Å². The first-order chi connectivity index (χ1) is 13.2. The van der Waals surface area contributed by atoms with E-state index in [0.717, 1.165) is 18.7 Å². The molecule has 1 unspecified atom stereocenters. The quantitative estimate of drug-likeness (QED) is 0.702. The summed E-state index contributed by atoms with van der Waals surface area (Å²) in [6.45, 7) is 2.38. The van der Waals surface area contributed by atoms with Gasteiger partial charge < -0.3 is 15.4 Å². The van der Waals surface area contributed by atoms with Gasteiger partial charge in [0.25, 0.3) is 0 Å². The van der Waals surface area contributed by atoms with Gasteiger partial charge in [-0.3, -0.25) is 20.0 Å². The van der Waals surface area contributed by atoms with Crippen molar-refractivity contribution in [3.8, 4) is 5.75 Å². The van der Waals surface area contributed by atoms with Crippen molar-refractivity contribution < 1.29 is 14.3 Å². The Morgan fingerprint density at radius 1 is 1.29 bits per heavy atom. The zero-order chi connectivity index (χ0) is 19.1. The van der Waals surface area contributed by atoms with E-state index in [4.69, 9.17) is 4.74 Å². The molecule has 1 atom stereocenters. The van der Waals surface area contributed by atoms with E-state index in [1.54, 1.807) is 43.8 Å². The van der Waals surface area contributed by atoms with Crippen LogP contribution in [0.2, 0.25) is 0 Å². The van der Waals surface area contributed by atoms with Crippen LogP contribution in [-0.2, 0) is 4.79 Å². The van der Waals surface area contributed by atoms with E-state index < -0.39 is 6.03 Å². The van der Waals surface area contributed by atoms with Crippen molar-refractivity contribution in [3.63, 3.8) is 0 Å². The number of aromatic nitrogens is 1. The van der Waals surface area contributed by atoms with E-state index >= 15 is 0 Å². The largest absolute Gasteiger partial charge is 0.497 e. The summed E-state index contributed by atoms with van der Waals surface area (Å²) in [5.41, 5.74) is 1.62. The van der Waals surface area contributed by atoms with Gasteiger partial charge in [0.15, 0.2) is 0 Å². The normalized spacial score (nSPS) is 16.5. The predicted molar refractivity (Wildman–Crippen MR) is 109 cm³/mol. The molecular formula is C19H24ClN5O3. The number of carbonyl (C=O) groups excluding carboxylic acids is 2. The molecule has 2 aromatic rings. The van der Waals surface area contributed by atoms with Gasteiger partial charge in [0.2, 0.25) is 5.91 Å². The number of halogens is 1. The van der Waals surface area contributed by atoms with E-state index in [1.165, 1.54) is 0 Å². The summed E-state index contributed by atoms with van der Waals surface area (Å²) in [6.07, 6.45) is 3.53. The lowest BCUT2D eigenvalue weighted by Crippen LogP contribution is -2.50. The number of piperazine rings is 1. The van der Waals surface area contributed by atoms with Gasteiger partial charge in [-0.05, 0) is 35.9 Å². The van der Waals surface area contributed by atoms with Gasteiger partial charge in [-0.25, -0.2) is 4.79 Å². The minimum Gasteiger partial charge on any atom is -0.497 e. The fraction of sp³-hybridized carbons (Fsp3) is 0.316. The molecule has 8 nitrogen and oxygen atoms in total. The Kier molecular flexibility index (Phi) is 8.19. The topological polar surface area (TPSA) is 95.6 Å². The highest BCUT2D eigenvalue weighted by molar-refractivity contribution is 6.01. The first kappa shape index (κ1) is 21.6. The van der Waals surface area contributed by atoms with Crippen LogP contribution in [0, 0.1) is 0 Å². The average Bonchev–Trinajstić information content (AvgIpc) is 2.69. The highest BCUT2D eigenvalue weighted by Gasteiger charge is 2.26. The standard InChI is InChI=1S/C19H23N5O3.ClH/c1-27-16-6-4-15(5-7-16)22-19(26)23-18(25)13-24-10-9-21-12-17(24)14-3-2-8-20-11-14;/h2-8,11,17,21H,9-10,12-13H2,1H3,(H2,22,23,25,26);1H. The summed E-state index contributed by atoms with van der Waals surface area (Å²) in [6, 6.07) is 10.2. The van der Waals surface area contributed by atoms with Gasteiger partial charge in [-0.1, -0.05) is 6.07 Å². The average molecular weight is 406 g/mol. The molecule has 150 valence electrons. The summed E-state index contributed by atoms with van der Waals surface area (Å²) < 4.78 is 5.07. The van der Waals surface area contributed by atoms with Crippen molar-refractivity contribution in [1.29, 1.82) is 0 Å². The fourth-order valence-corrected chi connectivity index (χ4v) is 3.02. The molecule has 1 aliphatic heterocycles. The molecule has 9 heteroatoms. The first-order valence-corrected chi connectivity index (χ1v) is 8.75. The second-order valence-corrected chi connectivity index (χ2v) is 6.21. The van der Waals surface area contributed by atoms with Crippen molar-refractivity contribution in [2.75, 3.05) is 38.6 Å². The number of rotatable bonds is 5. The van der Waals surface area contributed by atoms with Crippen LogP contribution in [0.4, 0.5) is 10.5 Å². The van der Waals surface area contributed by atoms with Crippen molar-refractivity contribution in [2.45, 2.75) is 6.04 Å². The number of urea groups is 1. The van der Waals surface area contributed by atoms with E-state index in [1.807, 2.05) is 17.0 Å². The summed E-state index contributed by atoms with van der Waals surface area (Å²) in [5, 5.41) is 8.34. The zero-order valence-electron chi connectivity index (χ0n) is 15.6. The summed E-state index contributed by atoms with van der Waals surface area (Å²) >= 11 is 0. The molecule has 3 N–H and O–H groups in total. The van der Waals surface area contributed by atoms with Crippen LogP contribution >= 0.6 is 12.4 Å². The molecule has 3 rings (SSSR count). The second-order valence-electron chi connectivity index (χ2n) is 6.21. The Bertz CT molecular complexity index is 773. The molecule has 0 spiro atoms. The maximum absolute atomic E-state index is 12.3. The van der Waals surface area contributed by atoms with Gasteiger partial charge in [0.05, 0.1) is 13.7 Å². The SMILES string of the molecule is COc1ccc(NC(=O)NC(=O)CN2CCNCC2c2cccnc2)cc1.Cl. The summed E-state index contributed by atoms with van der Waals surface area (Å²) in [7, 11) is 1.57. The number of anilines is 1. The molecule has 0 saturated carbocycles. The Morgan fingerprint density at radius 2 is 2.07 bits per heavy atom. The maximum Gasteiger partial charge on any atom is 0.325 e. The molecule has 1 aliphatic rings. The monoisotopic (exact) mass is 405 g/mol. The molecule has 1 aromatic heterocycles. The molecule has 28 heavy (non-hydrogen) atoms. The van der Waals surface area contributed by atoms with Crippen LogP contribution in [0.1, 0.15) is 11.6 Å². The van der Waals surface area contributed by atoms with Crippen molar-refractivity contribution in [1.82, 2.24) is 20.5 Å². The number of carbonyl (C=O) groups is 2. The number of benzene rings is 1. The minimum absolute atomic E-state index is 0. The highest BCUT2D eigenvalue weighted by atomic mass is 35.5. The maximum atomic E-state index is 12.3. The minimum atomic E-state index is -0.557.